The first-order valence-corrected chi connectivity index (χ1v) is 6.79. The summed E-state index contributed by atoms with van der Waals surface area (Å²) in [6.45, 7) is 4.55. The van der Waals surface area contributed by atoms with Crippen LogP contribution in [0.1, 0.15) is 32.6 Å². The minimum absolute atomic E-state index is 0.246. The maximum absolute atomic E-state index is 9.23. The van der Waals surface area contributed by atoms with Crippen LogP contribution in [0.5, 0.6) is 0 Å². The van der Waals surface area contributed by atoms with Crippen LogP contribution in [0.15, 0.2) is 0 Å². The fourth-order valence-corrected chi connectivity index (χ4v) is 2.79. The molecule has 3 heteroatoms. The number of rotatable bonds is 5. The lowest BCUT2D eigenvalue weighted by molar-refractivity contribution is 0.127. The Labute approximate surface area is 106 Å². The molecule has 0 spiro atoms. The van der Waals surface area contributed by atoms with E-state index in [1.807, 2.05) is 0 Å². The van der Waals surface area contributed by atoms with Crippen molar-refractivity contribution >= 4 is 0 Å². The molecule has 0 radical (unpaired) electrons. The van der Waals surface area contributed by atoms with Crippen LogP contribution in [-0.2, 0) is 0 Å². The van der Waals surface area contributed by atoms with Gasteiger partial charge >= 0.3 is 0 Å². The first-order valence-electron chi connectivity index (χ1n) is 6.79. The zero-order valence-electron chi connectivity index (χ0n) is 11.8. The Kier molecular flexibility index (Phi) is 5.94. The summed E-state index contributed by atoms with van der Waals surface area (Å²) in [6, 6.07) is 2.98. The van der Waals surface area contributed by atoms with Crippen molar-refractivity contribution in [3.63, 3.8) is 0 Å². The van der Waals surface area contributed by atoms with Gasteiger partial charge in [-0.25, -0.2) is 0 Å². The molecule has 0 bridgehead atoms. The lowest BCUT2D eigenvalue weighted by atomic mass is 9.79. The van der Waals surface area contributed by atoms with E-state index in [-0.39, 0.29) is 5.92 Å². The largest absolute Gasteiger partial charge is 0.309 e. The predicted molar refractivity (Wildman–Crippen MR) is 71.7 cm³/mol. The molecule has 1 saturated carbocycles. The maximum atomic E-state index is 9.23. The monoisotopic (exact) mass is 237 g/mol. The van der Waals surface area contributed by atoms with E-state index in [2.05, 4.69) is 43.9 Å². The van der Waals surface area contributed by atoms with Gasteiger partial charge < -0.3 is 9.80 Å². The van der Waals surface area contributed by atoms with E-state index in [1.165, 1.54) is 19.3 Å². The van der Waals surface area contributed by atoms with Gasteiger partial charge in [0.15, 0.2) is 0 Å². The van der Waals surface area contributed by atoms with Crippen molar-refractivity contribution in [1.82, 2.24) is 9.80 Å². The highest BCUT2D eigenvalue weighted by atomic mass is 15.1. The highest BCUT2D eigenvalue weighted by Gasteiger charge is 2.31. The molecule has 3 unspecified atom stereocenters. The average molecular weight is 237 g/mol. The molecule has 0 aromatic rings. The quantitative estimate of drug-likeness (QED) is 0.734. The highest BCUT2D eigenvalue weighted by molar-refractivity contribution is 4.96. The summed E-state index contributed by atoms with van der Waals surface area (Å²) in [5, 5.41) is 9.23. The van der Waals surface area contributed by atoms with Gasteiger partial charge in [0.25, 0.3) is 0 Å². The van der Waals surface area contributed by atoms with Crippen LogP contribution in [-0.4, -0.2) is 50.1 Å². The second-order valence-electron chi connectivity index (χ2n) is 5.86. The number of nitrogens with zero attached hydrogens (tertiary/aromatic N) is 3. The summed E-state index contributed by atoms with van der Waals surface area (Å²) in [5.74, 6) is 1.02. The second-order valence-corrected chi connectivity index (χ2v) is 5.86. The zero-order chi connectivity index (χ0) is 12.8. The molecule has 0 amide bonds. The average Bonchev–Trinajstić information content (AvgIpc) is 2.28. The first-order chi connectivity index (χ1) is 8.04. The van der Waals surface area contributed by atoms with E-state index in [0.29, 0.717) is 6.04 Å². The Morgan fingerprint density at radius 1 is 1.18 bits per heavy atom. The zero-order valence-corrected chi connectivity index (χ0v) is 11.8. The van der Waals surface area contributed by atoms with Gasteiger partial charge in [0, 0.05) is 6.04 Å². The second kappa shape index (κ2) is 6.98. The molecular weight excluding hydrogens is 210 g/mol. The topological polar surface area (TPSA) is 30.3 Å². The summed E-state index contributed by atoms with van der Waals surface area (Å²) in [7, 11) is 6.41. The van der Waals surface area contributed by atoms with Crippen LogP contribution >= 0.6 is 0 Å². The van der Waals surface area contributed by atoms with Gasteiger partial charge in [-0.2, -0.15) is 5.26 Å². The minimum Gasteiger partial charge on any atom is -0.309 e. The normalized spacial score (nSPS) is 29.6. The summed E-state index contributed by atoms with van der Waals surface area (Å²) in [6.07, 6.45) is 4.68. The molecule has 0 aromatic heterocycles. The molecule has 1 aliphatic carbocycles. The van der Waals surface area contributed by atoms with E-state index in [0.717, 1.165) is 25.4 Å². The molecule has 0 aliphatic heterocycles. The Bertz CT molecular complexity index is 257. The SMILES string of the molecule is CC1CCC(C#N)C(N(C)CCCN(C)C)C1. The molecule has 98 valence electrons. The minimum atomic E-state index is 0.246. The Balaban J connectivity index is 2.41. The summed E-state index contributed by atoms with van der Waals surface area (Å²) >= 11 is 0. The molecule has 0 saturated heterocycles. The maximum Gasteiger partial charge on any atom is 0.0672 e. The molecule has 1 fully saturated rings. The van der Waals surface area contributed by atoms with Crippen molar-refractivity contribution in [3.8, 4) is 6.07 Å². The third-order valence-corrected chi connectivity index (χ3v) is 3.93. The lowest BCUT2D eigenvalue weighted by Gasteiger charge is -2.37. The van der Waals surface area contributed by atoms with Crippen molar-refractivity contribution in [3.05, 3.63) is 0 Å². The van der Waals surface area contributed by atoms with E-state index < -0.39 is 0 Å². The Morgan fingerprint density at radius 2 is 1.88 bits per heavy atom. The van der Waals surface area contributed by atoms with Crippen molar-refractivity contribution in [1.29, 1.82) is 5.26 Å². The highest BCUT2D eigenvalue weighted by Crippen LogP contribution is 2.31. The van der Waals surface area contributed by atoms with E-state index in [9.17, 15) is 5.26 Å². The van der Waals surface area contributed by atoms with Gasteiger partial charge in [-0.1, -0.05) is 6.92 Å². The number of nitriles is 1. The van der Waals surface area contributed by atoms with Gasteiger partial charge in [0.1, 0.15) is 0 Å². The van der Waals surface area contributed by atoms with Crippen LogP contribution in [0.3, 0.4) is 0 Å². The van der Waals surface area contributed by atoms with Gasteiger partial charge in [-0.05, 0) is 65.8 Å². The van der Waals surface area contributed by atoms with Crippen molar-refractivity contribution in [2.45, 2.75) is 38.6 Å². The molecule has 17 heavy (non-hydrogen) atoms. The predicted octanol–water partition coefficient (Wildman–Crippen LogP) is 2.20. The molecule has 3 nitrogen and oxygen atoms in total. The van der Waals surface area contributed by atoms with Crippen molar-refractivity contribution in [2.75, 3.05) is 34.2 Å². The van der Waals surface area contributed by atoms with E-state index in [1.54, 1.807) is 0 Å². The molecule has 1 rings (SSSR count). The van der Waals surface area contributed by atoms with Crippen LogP contribution < -0.4 is 0 Å². The fraction of sp³-hybridized carbons (Fsp3) is 0.929. The van der Waals surface area contributed by atoms with Gasteiger partial charge in [-0.15, -0.1) is 0 Å². The summed E-state index contributed by atoms with van der Waals surface area (Å²) < 4.78 is 0. The number of hydrogen-bond donors (Lipinski definition) is 0. The molecule has 0 heterocycles. The summed E-state index contributed by atoms with van der Waals surface area (Å²) in [4.78, 5) is 4.63. The first kappa shape index (κ1) is 14.5. The lowest BCUT2D eigenvalue weighted by Crippen LogP contribution is -2.42. The van der Waals surface area contributed by atoms with Crippen molar-refractivity contribution in [2.24, 2.45) is 11.8 Å². The van der Waals surface area contributed by atoms with E-state index >= 15 is 0 Å². The van der Waals surface area contributed by atoms with Crippen LogP contribution in [0.4, 0.5) is 0 Å². The van der Waals surface area contributed by atoms with Crippen LogP contribution in [0, 0.1) is 23.2 Å². The molecule has 0 N–H and O–H groups in total. The van der Waals surface area contributed by atoms with Crippen LogP contribution in [0.25, 0.3) is 0 Å². The molecule has 1 aliphatic rings. The van der Waals surface area contributed by atoms with Gasteiger partial charge in [0.2, 0.25) is 0 Å². The fourth-order valence-electron chi connectivity index (χ4n) is 2.79. The summed E-state index contributed by atoms with van der Waals surface area (Å²) in [5.41, 5.74) is 0. The van der Waals surface area contributed by atoms with Gasteiger partial charge in [-0.3, -0.25) is 0 Å². The molecular formula is C14H27N3. The standard InChI is InChI=1S/C14H27N3/c1-12-6-7-13(11-15)14(10-12)17(4)9-5-8-16(2)3/h12-14H,5-10H2,1-4H3. The third-order valence-electron chi connectivity index (χ3n) is 3.93. The smallest absolute Gasteiger partial charge is 0.0672 e. The Hall–Kier alpha value is -0.590. The molecule has 0 aromatic carbocycles. The van der Waals surface area contributed by atoms with E-state index in [4.69, 9.17) is 0 Å². The molecule has 3 atom stereocenters. The van der Waals surface area contributed by atoms with Gasteiger partial charge in [0.05, 0.1) is 12.0 Å². The van der Waals surface area contributed by atoms with Crippen LogP contribution in [0.2, 0.25) is 0 Å². The number of hydrogen-bond acceptors (Lipinski definition) is 3. The Morgan fingerprint density at radius 3 is 2.47 bits per heavy atom. The van der Waals surface area contributed by atoms with Crippen molar-refractivity contribution < 1.29 is 0 Å². The third kappa shape index (κ3) is 4.65.